The Morgan fingerprint density at radius 3 is 2.62 bits per heavy atom. The van der Waals surface area contributed by atoms with Crippen molar-refractivity contribution in [1.82, 2.24) is 0 Å². The summed E-state index contributed by atoms with van der Waals surface area (Å²) in [5, 5.41) is 6.25. The van der Waals surface area contributed by atoms with Crippen molar-refractivity contribution in [2.45, 2.75) is 6.42 Å². The third kappa shape index (κ3) is 4.72. The molecule has 10 nitrogen and oxygen atoms in total. The Morgan fingerprint density at radius 1 is 0.949 bits per heavy atom. The Morgan fingerprint density at radius 2 is 1.77 bits per heavy atom. The summed E-state index contributed by atoms with van der Waals surface area (Å²) in [6, 6.07) is 19.3. The third-order valence-electron chi connectivity index (χ3n) is 6.71. The van der Waals surface area contributed by atoms with Crippen molar-refractivity contribution in [3.05, 3.63) is 72.5 Å². The molecule has 1 atom stereocenters. The first-order valence-corrected chi connectivity index (χ1v) is 12.5. The monoisotopic (exact) mass is 527 g/mol. The van der Waals surface area contributed by atoms with Crippen molar-refractivity contribution in [1.29, 1.82) is 0 Å². The number of nitrogens with zero attached hydrogens (tertiary/aromatic N) is 1. The molecule has 3 amide bonds. The van der Waals surface area contributed by atoms with Gasteiger partial charge in [-0.05, 0) is 36.4 Å². The third-order valence-corrected chi connectivity index (χ3v) is 6.71. The number of fused-ring (bicyclic) bond motifs is 2. The van der Waals surface area contributed by atoms with Gasteiger partial charge < -0.3 is 34.2 Å². The maximum Gasteiger partial charge on any atom is 0.293 e. The average Bonchev–Trinajstić information content (AvgIpc) is 3.54. The van der Waals surface area contributed by atoms with Crippen molar-refractivity contribution in [2.75, 3.05) is 42.4 Å². The molecule has 6 rings (SSSR count). The Kier molecular flexibility index (Phi) is 6.28. The zero-order valence-corrected chi connectivity index (χ0v) is 21.1. The lowest BCUT2D eigenvalue weighted by Crippen LogP contribution is -2.28. The number of carbonyl (C=O) groups is 3. The lowest BCUT2D eigenvalue weighted by atomic mass is 10.1. The van der Waals surface area contributed by atoms with E-state index in [1.165, 1.54) is 0 Å². The summed E-state index contributed by atoms with van der Waals surface area (Å²) in [7, 11) is 1.55. The first-order chi connectivity index (χ1) is 19.0. The van der Waals surface area contributed by atoms with Gasteiger partial charge in [0.15, 0.2) is 11.5 Å². The quantitative estimate of drug-likeness (QED) is 0.380. The highest BCUT2D eigenvalue weighted by Crippen LogP contribution is 2.35. The zero-order valence-electron chi connectivity index (χ0n) is 21.1. The molecule has 2 aliphatic heterocycles. The number of hydrogen-bond acceptors (Lipinski definition) is 7. The van der Waals surface area contributed by atoms with Crippen LogP contribution in [0.25, 0.3) is 11.0 Å². The van der Waals surface area contributed by atoms with Gasteiger partial charge >= 0.3 is 0 Å². The van der Waals surface area contributed by atoms with Crippen LogP contribution in [0.5, 0.6) is 17.2 Å². The largest absolute Gasteiger partial charge is 0.497 e. The van der Waals surface area contributed by atoms with Crippen LogP contribution in [-0.4, -0.2) is 44.6 Å². The number of anilines is 3. The van der Waals surface area contributed by atoms with Crippen LogP contribution in [0.4, 0.5) is 17.1 Å². The number of ether oxygens (including phenoxy) is 3. The van der Waals surface area contributed by atoms with Crippen LogP contribution in [-0.2, 0) is 9.59 Å². The minimum atomic E-state index is -0.619. The van der Waals surface area contributed by atoms with E-state index in [9.17, 15) is 14.4 Å². The molecule has 0 bridgehead atoms. The van der Waals surface area contributed by atoms with Crippen molar-refractivity contribution in [3.8, 4) is 17.2 Å². The molecule has 0 aliphatic carbocycles. The minimum Gasteiger partial charge on any atom is -0.497 e. The molecule has 1 aromatic heterocycles. The van der Waals surface area contributed by atoms with Crippen LogP contribution >= 0.6 is 0 Å². The first kappa shape index (κ1) is 24.4. The highest BCUT2D eigenvalue weighted by atomic mass is 16.6. The number of nitrogens with one attached hydrogen (secondary N) is 2. The maximum absolute atomic E-state index is 13.4. The fraction of sp³-hybridized carbons (Fsp3) is 0.207. The summed E-state index contributed by atoms with van der Waals surface area (Å²) in [6.45, 7) is 1.08. The lowest BCUT2D eigenvalue weighted by Gasteiger charge is -2.19. The van der Waals surface area contributed by atoms with Gasteiger partial charge in [0, 0.05) is 41.9 Å². The molecule has 0 radical (unpaired) electrons. The number of furan rings is 1. The highest BCUT2D eigenvalue weighted by Gasteiger charge is 2.36. The number of para-hydroxylation sites is 1. The molecule has 2 aliphatic rings. The molecule has 0 saturated carbocycles. The van der Waals surface area contributed by atoms with Gasteiger partial charge in [-0.1, -0.05) is 18.2 Å². The standard InChI is InChI=1S/C29H25N3O7/c1-36-20-6-4-5-19(15-20)32-16-17(13-25(32)33)28(34)31-26-21-7-2-3-8-22(21)39-27(26)29(35)30-18-9-10-23-24(14-18)38-12-11-37-23/h2-10,14-15,17H,11-13,16H2,1H3,(H,30,35)(H,31,34). The highest BCUT2D eigenvalue weighted by molar-refractivity contribution is 6.15. The summed E-state index contributed by atoms with van der Waals surface area (Å²) in [6.07, 6.45) is 0.0392. The van der Waals surface area contributed by atoms with E-state index >= 15 is 0 Å². The fourth-order valence-corrected chi connectivity index (χ4v) is 4.77. The number of methoxy groups -OCH3 is 1. The van der Waals surface area contributed by atoms with E-state index in [0.29, 0.717) is 52.8 Å². The fourth-order valence-electron chi connectivity index (χ4n) is 4.77. The predicted molar refractivity (Wildman–Crippen MR) is 144 cm³/mol. The van der Waals surface area contributed by atoms with Gasteiger partial charge in [-0.2, -0.15) is 0 Å². The maximum atomic E-state index is 13.4. The van der Waals surface area contributed by atoms with Crippen molar-refractivity contribution < 1.29 is 33.0 Å². The second kappa shape index (κ2) is 10.1. The number of amides is 3. The Balaban J connectivity index is 1.24. The van der Waals surface area contributed by atoms with Gasteiger partial charge in [0.1, 0.15) is 30.2 Å². The summed E-state index contributed by atoms with van der Waals surface area (Å²) >= 11 is 0. The molecule has 10 heteroatoms. The zero-order chi connectivity index (χ0) is 26.9. The normalized spacial score (nSPS) is 16.3. The van der Waals surface area contributed by atoms with Crippen LogP contribution in [0.2, 0.25) is 0 Å². The lowest BCUT2D eigenvalue weighted by molar-refractivity contribution is -0.122. The molecule has 198 valence electrons. The van der Waals surface area contributed by atoms with Crippen LogP contribution < -0.4 is 29.7 Å². The van der Waals surface area contributed by atoms with Crippen molar-refractivity contribution >= 4 is 45.8 Å². The molecule has 3 aromatic carbocycles. The molecular weight excluding hydrogens is 502 g/mol. The second-order valence-corrected chi connectivity index (χ2v) is 9.21. The van der Waals surface area contributed by atoms with E-state index in [0.717, 1.165) is 0 Å². The number of hydrogen-bond donors (Lipinski definition) is 2. The van der Waals surface area contributed by atoms with Gasteiger partial charge in [0.25, 0.3) is 5.91 Å². The number of benzene rings is 3. The van der Waals surface area contributed by atoms with E-state index in [2.05, 4.69) is 10.6 Å². The SMILES string of the molecule is COc1cccc(N2CC(C(=O)Nc3c(C(=O)Nc4ccc5c(c4)OCCO5)oc4ccccc34)CC2=O)c1. The molecule has 39 heavy (non-hydrogen) atoms. The molecule has 3 heterocycles. The van der Waals surface area contributed by atoms with Gasteiger partial charge in [0.2, 0.25) is 17.6 Å². The number of rotatable bonds is 6. The smallest absolute Gasteiger partial charge is 0.293 e. The van der Waals surface area contributed by atoms with E-state index < -0.39 is 11.8 Å². The van der Waals surface area contributed by atoms with E-state index in [1.807, 2.05) is 0 Å². The van der Waals surface area contributed by atoms with Gasteiger partial charge in [-0.15, -0.1) is 0 Å². The molecule has 1 unspecified atom stereocenters. The molecule has 0 spiro atoms. The van der Waals surface area contributed by atoms with E-state index in [1.54, 1.807) is 78.7 Å². The predicted octanol–water partition coefficient (Wildman–Crippen LogP) is 4.46. The van der Waals surface area contributed by atoms with E-state index in [-0.39, 0.29) is 36.2 Å². The van der Waals surface area contributed by atoms with Crippen molar-refractivity contribution in [2.24, 2.45) is 5.92 Å². The summed E-state index contributed by atoms with van der Waals surface area (Å²) < 4.78 is 22.3. The van der Waals surface area contributed by atoms with Gasteiger partial charge in [-0.3, -0.25) is 14.4 Å². The molecule has 4 aromatic rings. The van der Waals surface area contributed by atoms with Gasteiger partial charge in [-0.25, -0.2) is 0 Å². The van der Waals surface area contributed by atoms with Gasteiger partial charge in [0.05, 0.1) is 13.0 Å². The summed E-state index contributed by atoms with van der Waals surface area (Å²) in [4.78, 5) is 41.1. The Bertz CT molecular complexity index is 1600. The molecule has 1 saturated heterocycles. The van der Waals surface area contributed by atoms with E-state index in [4.69, 9.17) is 18.6 Å². The average molecular weight is 528 g/mol. The summed E-state index contributed by atoms with van der Waals surface area (Å²) in [5.41, 5.74) is 1.83. The Hall–Kier alpha value is -4.99. The van der Waals surface area contributed by atoms with Crippen LogP contribution in [0.15, 0.2) is 71.1 Å². The van der Waals surface area contributed by atoms with Crippen LogP contribution in [0, 0.1) is 5.92 Å². The van der Waals surface area contributed by atoms with Crippen molar-refractivity contribution in [3.63, 3.8) is 0 Å². The van der Waals surface area contributed by atoms with Crippen LogP contribution in [0.3, 0.4) is 0 Å². The van der Waals surface area contributed by atoms with Crippen LogP contribution in [0.1, 0.15) is 17.0 Å². The number of carbonyl (C=O) groups excluding carboxylic acids is 3. The second-order valence-electron chi connectivity index (χ2n) is 9.21. The molecule has 1 fully saturated rings. The summed E-state index contributed by atoms with van der Waals surface area (Å²) in [5.74, 6) is -0.00988. The minimum absolute atomic E-state index is 0.0392. The Labute approximate surface area is 223 Å². The topological polar surface area (TPSA) is 119 Å². The first-order valence-electron chi connectivity index (χ1n) is 12.5. The molecule has 2 N–H and O–H groups in total. The molecular formula is C29H25N3O7.